The van der Waals surface area contributed by atoms with E-state index in [2.05, 4.69) is 20.8 Å². The van der Waals surface area contributed by atoms with Crippen LogP contribution in [0.15, 0.2) is 0 Å². The van der Waals surface area contributed by atoms with Crippen molar-refractivity contribution in [2.45, 2.75) is 79.1 Å². The van der Waals surface area contributed by atoms with Gasteiger partial charge in [-0.15, -0.1) is 0 Å². The molecule has 5 saturated heterocycles. The van der Waals surface area contributed by atoms with Crippen LogP contribution in [0.3, 0.4) is 0 Å². The molecular formula is C40H74N4O8S2+2. The molecule has 5 aliphatic heterocycles. The van der Waals surface area contributed by atoms with Crippen molar-refractivity contribution in [3.05, 3.63) is 0 Å². The minimum atomic E-state index is -3.37. The Morgan fingerprint density at radius 2 is 0.926 bits per heavy atom. The fourth-order valence-electron chi connectivity index (χ4n) is 12.1. The van der Waals surface area contributed by atoms with E-state index in [4.69, 9.17) is 0 Å². The molecule has 5 aliphatic rings. The van der Waals surface area contributed by atoms with Gasteiger partial charge in [-0.05, 0) is 68.6 Å². The zero-order valence-corrected chi connectivity index (χ0v) is 35.6. The SMILES string of the molecule is CCCC1CN(CC(=O)O)CC1CCS(=O)(=O)CC1C[N+]2(CC[N+]3(CC2)CC(CC)C(CC)C3)CC1CCC1CN(CC(=O)O)CC1CS(=O)(=O)CCC. The molecule has 0 aromatic carbocycles. The molecule has 0 aromatic heterocycles. The summed E-state index contributed by atoms with van der Waals surface area (Å²) in [4.78, 5) is 26.9. The van der Waals surface area contributed by atoms with Crippen LogP contribution >= 0.6 is 0 Å². The van der Waals surface area contributed by atoms with Gasteiger partial charge in [0.2, 0.25) is 0 Å². The van der Waals surface area contributed by atoms with Gasteiger partial charge in [-0.1, -0.05) is 34.1 Å². The van der Waals surface area contributed by atoms with Crippen molar-refractivity contribution >= 4 is 31.6 Å². The van der Waals surface area contributed by atoms with Gasteiger partial charge in [-0.2, -0.15) is 0 Å². The normalized spacial score (nSPS) is 36.5. The van der Waals surface area contributed by atoms with Crippen LogP contribution in [-0.2, 0) is 29.3 Å². The van der Waals surface area contributed by atoms with Crippen molar-refractivity contribution in [3.63, 3.8) is 0 Å². The van der Waals surface area contributed by atoms with Crippen molar-refractivity contribution in [1.29, 1.82) is 0 Å². The Kier molecular flexibility index (Phi) is 15.0. The fourth-order valence-corrected chi connectivity index (χ4v) is 15.8. The zero-order chi connectivity index (χ0) is 39.3. The van der Waals surface area contributed by atoms with Crippen molar-refractivity contribution < 1.29 is 45.6 Å². The smallest absolute Gasteiger partial charge is 0.317 e. The number of quaternary nitrogens is 2. The van der Waals surface area contributed by atoms with Gasteiger partial charge < -0.3 is 19.2 Å². The highest BCUT2D eigenvalue weighted by Crippen LogP contribution is 2.42. The van der Waals surface area contributed by atoms with E-state index in [1.54, 1.807) is 0 Å². The Hall–Kier alpha value is -1.32. The van der Waals surface area contributed by atoms with Gasteiger partial charge in [0.1, 0.15) is 26.2 Å². The lowest BCUT2D eigenvalue weighted by molar-refractivity contribution is -1.02. The maximum Gasteiger partial charge on any atom is 0.317 e. The van der Waals surface area contributed by atoms with Gasteiger partial charge in [0.05, 0.1) is 56.5 Å². The van der Waals surface area contributed by atoms with E-state index in [9.17, 15) is 36.6 Å². The van der Waals surface area contributed by atoms with E-state index in [1.807, 2.05) is 16.7 Å². The van der Waals surface area contributed by atoms with Gasteiger partial charge >= 0.3 is 11.9 Å². The number of carboxylic acid groups (broad SMARTS) is 2. The molecule has 0 amide bonds. The second-order valence-corrected chi connectivity index (χ2v) is 23.2. The van der Waals surface area contributed by atoms with Crippen LogP contribution in [0.25, 0.3) is 0 Å². The van der Waals surface area contributed by atoms with Gasteiger partial charge in [-0.25, -0.2) is 16.8 Å². The van der Waals surface area contributed by atoms with E-state index in [1.165, 1.54) is 30.4 Å². The third kappa shape index (κ3) is 11.4. The maximum atomic E-state index is 14.1. The van der Waals surface area contributed by atoms with Crippen LogP contribution < -0.4 is 0 Å². The summed E-state index contributed by atoms with van der Waals surface area (Å²) in [5, 5.41) is 18.9. The predicted octanol–water partition coefficient (Wildman–Crippen LogP) is 3.42. The molecule has 2 spiro atoms. The lowest BCUT2D eigenvalue weighted by Crippen LogP contribution is -2.65. The number of likely N-dealkylation sites (tertiary alicyclic amines) is 2. The molecule has 5 fully saturated rings. The van der Waals surface area contributed by atoms with Gasteiger partial charge in [0, 0.05) is 55.6 Å². The van der Waals surface area contributed by atoms with Gasteiger partial charge in [0.25, 0.3) is 0 Å². The number of hydrogen-bond acceptors (Lipinski definition) is 8. The van der Waals surface area contributed by atoms with Crippen LogP contribution in [0.4, 0.5) is 0 Å². The summed E-state index contributed by atoms with van der Waals surface area (Å²) < 4.78 is 56.3. The average Bonchev–Trinajstić information content (AvgIpc) is 3.83. The number of carbonyl (C=O) groups is 2. The number of nitrogens with zero attached hydrogens (tertiary/aromatic N) is 4. The monoisotopic (exact) mass is 802 g/mol. The van der Waals surface area contributed by atoms with Crippen molar-refractivity contribution in [1.82, 2.24) is 9.80 Å². The van der Waals surface area contributed by atoms with E-state index in [0.717, 1.165) is 87.8 Å². The minimum Gasteiger partial charge on any atom is -0.480 e. The van der Waals surface area contributed by atoms with Crippen LogP contribution in [0, 0.1) is 47.3 Å². The third-order valence-corrected chi connectivity index (χ3v) is 18.6. The number of hydrogen-bond donors (Lipinski definition) is 2. The topological polar surface area (TPSA) is 149 Å². The molecule has 0 aromatic rings. The standard InChI is InChI=1S/C40H72N4O8S2/c1-5-9-33-19-41(23-39(45)46)21-35(33)12-18-54(51,52)30-38-28-44(15-13-43(14-16-44)25-31(7-3)32(8-4)26-43)27-36(38)11-10-34-20-42(24-40(47)48)22-37(34)29-53(49,50)17-6-2/h31-38H,5-30H2,1-4H3/p+2. The molecular weight excluding hydrogens is 729 g/mol. The largest absolute Gasteiger partial charge is 0.480 e. The number of carboxylic acids is 2. The first-order valence-electron chi connectivity index (χ1n) is 21.5. The van der Waals surface area contributed by atoms with E-state index >= 15 is 0 Å². The van der Waals surface area contributed by atoms with E-state index < -0.39 is 31.6 Å². The van der Waals surface area contributed by atoms with Crippen molar-refractivity contribution in [3.8, 4) is 0 Å². The summed E-state index contributed by atoms with van der Waals surface area (Å²) in [6, 6.07) is 0. The number of sulfone groups is 2. The molecule has 2 N–H and O–H groups in total. The lowest BCUT2D eigenvalue weighted by Gasteiger charge is -2.47. The minimum absolute atomic E-state index is 0.00583. The second-order valence-electron chi connectivity index (χ2n) is 18.8. The first kappa shape index (κ1) is 43.8. The quantitative estimate of drug-likeness (QED) is 0.176. The Bertz CT molecular complexity index is 1470. The summed E-state index contributed by atoms with van der Waals surface area (Å²) in [6.45, 7) is 19.9. The van der Waals surface area contributed by atoms with E-state index in [-0.39, 0.29) is 65.7 Å². The molecule has 0 radical (unpaired) electrons. The molecule has 0 bridgehead atoms. The summed E-state index contributed by atoms with van der Waals surface area (Å²) in [7, 11) is -6.60. The van der Waals surface area contributed by atoms with Crippen molar-refractivity contribution in [2.24, 2.45) is 47.3 Å². The first-order chi connectivity index (χ1) is 25.5. The molecule has 5 rings (SSSR count). The molecule has 8 unspecified atom stereocenters. The molecule has 12 nitrogen and oxygen atoms in total. The molecule has 8 atom stereocenters. The Morgan fingerprint density at radius 3 is 1.41 bits per heavy atom. The summed E-state index contributed by atoms with van der Waals surface area (Å²) in [6.07, 6.45) is 7.24. The molecule has 14 heteroatoms. The highest BCUT2D eigenvalue weighted by Gasteiger charge is 2.54. The van der Waals surface area contributed by atoms with Crippen molar-refractivity contribution in [2.75, 3.05) is 115 Å². The predicted molar refractivity (Wildman–Crippen MR) is 212 cm³/mol. The van der Waals surface area contributed by atoms with Crippen LogP contribution in [0.1, 0.15) is 79.1 Å². The van der Waals surface area contributed by atoms with Crippen LogP contribution in [-0.4, -0.2) is 172 Å². The van der Waals surface area contributed by atoms with Crippen LogP contribution in [0.5, 0.6) is 0 Å². The van der Waals surface area contributed by atoms with Crippen LogP contribution in [0.2, 0.25) is 0 Å². The molecule has 5 heterocycles. The number of rotatable bonds is 20. The maximum absolute atomic E-state index is 14.1. The summed E-state index contributed by atoms with van der Waals surface area (Å²) in [5.41, 5.74) is 0. The number of piperazine rings is 1. The van der Waals surface area contributed by atoms with E-state index in [0.29, 0.717) is 38.4 Å². The van der Waals surface area contributed by atoms with Gasteiger partial charge in [-0.3, -0.25) is 19.4 Å². The summed E-state index contributed by atoms with van der Waals surface area (Å²) >= 11 is 0. The third-order valence-electron chi connectivity index (χ3n) is 14.8. The lowest BCUT2D eigenvalue weighted by atomic mass is 9.86. The number of aliphatic carboxylic acids is 2. The Morgan fingerprint density at radius 1 is 0.519 bits per heavy atom. The highest BCUT2D eigenvalue weighted by molar-refractivity contribution is 7.91. The first-order valence-corrected chi connectivity index (χ1v) is 25.1. The molecule has 0 saturated carbocycles. The zero-order valence-electron chi connectivity index (χ0n) is 34.0. The highest BCUT2D eigenvalue weighted by atomic mass is 32.2. The molecule has 54 heavy (non-hydrogen) atoms. The molecule has 0 aliphatic carbocycles. The Labute approximate surface area is 327 Å². The Balaban J connectivity index is 1.29. The second kappa shape index (κ2) is 18.5. The van der Waals surface area contributed by atoms with Gasteiger partial charge in [0.15, 0.2) is 19.7 Å². The summed E-state index contributed by atoms with van der Waals surface area (Å²) in [5.74, 6) is 1.16. The average molecular weight is 803 g/mol. The fraction of sp³-hybridized carbons (Fsp3) is 0.950. The molecule has 312 valence electrons.